The van der Waals surface area contributed by atoms with Crippen LogP contribution in [0.5, 0.6) is 0 Å². The van der Waals surface area contributed by atoms with Crippen LogP contribution in [-0.4, -0.2) is 42.6 Å². The number of epoxide rings is 1. The van der Waals surface area contributed by atoms with E-state index in [1.807, 2.05) is 25.3 Å². The van der Waals surface area contributed by atoms with Crippen molar-refractivity contribution in [3.8, 4) is 0 Å². The molecule has 0 bridgehead atoms. The Morgan fingerprint density at radius 3 is 2.36 bits per heavy atom. The van der Waals surface area contributed by atoms with Gasteiger partial charge in [0.05, 0.1) is 0 Å². The highest BCUT2D eigenvalue weighted by molar-refractivity contribution is 7.98. The second-order valence-electron chi connectivity index (χ2n) is 5.56. The second kappa shape index (κ2) is 6.81. The number of rotatable bonds is 7. The molecule has 0 radical (unpaired) electrons. The van der Waals surface area contributed by atoms with Crippen LogP contribution in [0, 0.1) is 0 Å². The van der Waals surface area contributed by atoms with Gasteiger partial charge in [0.25, 0.3) is 0 Å². The first-order valence-electron chi connectivity index (χ1n) is 7.01. The van der Waals surface area contributed by atoms with Gasteiger partial charge in [0, 0.05) is 10.5 Å². The molecular formula is C16H20O5S. The van der Waals surface area contributed by atoms with Crippen molar-refractivity contribution in [3.63, 3.8) is 0 Å². The zero-order valence-electron chi connectivity index (χ0n) is 13.1. The number of hydrogen-bond donors (Lipinski definition) is 0. The van der Waals surface area contributed by atoms with Crippen molar-refractivity contribution in [2.75, 3.05) is 12.9 Å². The minimum Gasteiger partial charge on any atom is -0.450 e. The van der Waals surface area contributed by atoms with Gasteiger partial charge in [-0.3, -0.25) is 4.79 Å². The number of benzene rings is 1. The van der Waals surface area contributed by atoms with E-state index in [-0.39, 0.29) is 24.8 Å². The van der Waals surface area contributed by atoms with Crippen LogP contribution in [-0.2, 0) is 19.0 Å². The van der Waals surface area contributed by atoms with Crippen molar-refractivity contribution in [1.29, 1.82) is 0 Å². The Bertz CT molecular complexity index is 552. The molecule has 120 valence electrons. The third kappa shape index (κ3) is 4.32. The molecule has 0 amide bonds. The normalized spacial score (nSPS) is 20.5. The molecule has 0 aliphatic carbocycles. The third-order valence-corrected chi connectivity index (χ3v) is 4.03. The van der Waals surface area contributed by atoms with E-state index < -0.39 is 11.6 Å². The highest BCUT2D eigenvalue weighted by Crippen LogP contribution is 2.23. The molecule has 6 heteroatoms. The maximum absolute atomic E-state index is 12.5. The fourth-order valence-corrected chi connectivity index (χ4v) is 2.35. The quantitative estimate of drug-likeness (QED) is 0.332. The summed E-state index contributed by atoms with van der Waals surface area (Å²) in [6.07, 6.45) is 1.63. The summed E-state index contributed by atoms with van der Waals surface area (Å²) in [6, 6.07) is 7.20. The van der Waals surface area contributed by atoms with Crippen LogP contribution < -0.4 is 0 Å². The van der Waals surface area contributed by atoms with E-state index in [2.05, 4.69) is 0 Å². The number of ketones is 1. The number of thioether (sulfide) groups is 1. The number of ether oxygens (including phenoxy) is 3. The molecule has 1 aromatic carbocycles. The lowest BCUT2D eigenvalue weighted by molar-refractivity contribution is -0.159. The summed E-state index contributed by atoms with van der Waals surface area (Å²) in [6.45, 7) is 4.77. The molecule has 1 aliphatic rings. The Labute approximate surface area is 134 Å². The summed E-state index contributed by atoms with van der Waals surface area (Å²) >= 11 is 1.60. The number of hydrogen-bond acceptors (Lipinski definition) is 6. The lowest BCUT2D eigenvalue weighted by Crippen LogP contribution is -2.38. The van der Waals surface area contributed by atoms with E-state index in [0.29, 0.717) is 5.56 Å². The number of Topliss-reactive ketones (excluding diaryl/α,β-unsaturated/α-hetero) is 1. The Morgan fingerprint density at radius 1 is 1.27 bits per heavy atom. The maximum Gasteiger partial charge on any atom is 0.333 e. The van der Waals surface area contributed by atoms with Gasteiger partial charge in [-0.2, -0.15) is 0 Å². The number of carbonyl (C=O) groups excluding carboxylic acids is 2. The molecule has 1 aliphatic heterocycles. The van der Waals surface area contributed by atoms with Gasteiger partial charge in [-0.15, -0.1) is 11.8 Å². The van der Waals surface area contributed by atoms with Crippen molar-refractivity contribution < 1.29 is 23.8 Å². The molecule has 1 fully saturated rings. The van der Waals surface area contributed by atoms with Crippen molar-refractivity contribution >= 4 is 23.5 Å². The monoisotopic (exact) mass is 324 g/mol. The predicted molar refractivity (Wildman–Crippen MR) is 83.0 cm³/mol. The van der Waals surface area contributed by atoms with Gasteiger partial charge in [0.2, 0.25) is 5.78 Å². The van der Waals surface area contributed by atoms with E-state index in [9.17, 15) is 9.59 Å². The first-order valence-corrected chi connectivity index (χ1v) is 8.24. The zero-order chi connectivity index (χ0) is 16.3. The van der Waals surface area contributed by atoms with Crippen molar-refractivity contribution in [2.45, 2.75) is 43.7 Å². The molecule has 5 nitrogen and oxygen atoms in total. The molecule has 22 heavy (non-hydrogen) atoms. The van der Waals surface area contributed by atoms with Crippen LogP contribution in [0.4, 0.5) is 0 Å². The Hall–Kier alpha value is -1.37. The first-order chi connectivity index (χ1) is 10.3. The van der Waals surface area contributed by atoms with E-state index in [1.165, 1.54) is 0 Å². The lowest BCUT2D eigenvalue weighted by Gasteiger charge is -2.23. The molecule has 1 heterocycles. The van der Waals surface area contributed by atoms with E-state index in [4.69, 9.17) is 14.2 Å². The lowest BCUT2D eigenvalue weighted by atomic mass is 9.96. The molecule has 2 unspecified atom stereocenters. The van der Waals surface area contributed by atoms with Crippen LogP contribution in [0.15, 0.2) is 29.2 Å². The summed E-state index contributed by atoms with van der Waals surface area (Å²) in [5.41, 5.74) is -0.729. The van der Waals surface area contributed by atoms with E-state index in [1.54, 1.807) is 37.7 Å². The standard InChI is InChI=1S/C16H20O5S/c1-10-15(20-10)19-9-13(17)21-16(2,3)14(18)11-5-7-12(22-4)8-6-11/h5-8,10,15H,9H2,1-4H3. The molecule has 0 N–H and O–H groups in total. The minimum atomic E-state index is -1.24. The van der Waals surface area contributed by atoms with Crippen molar-refractivity contribution in [1.82, 2.24) is 0 Å². The van der Waals surface area contributed by atoms with E-state index in [0.717, 1.165) is 4.90 Å². The summed E-state index contributed by atoms with van der Waals surface area (Å²) in [7, 11) is 0. The summed E-state index contributed by atoms with van der Waals surface area (Å²) in [5.74, 6) is -0.827. The average Bonchev–Trinajstić information content (AvgIpc) is 3.20. The Balaban J connectivity index is 1.92. The van der Waals surface area contributed by atoms with Gasteiger partial charge in [-0.25, -0.2) is 4.79 Å². The van der Waals surface area contributed by atoms with Crippen LogP contribution in [0.3, 0.4) is 0 Å². The average molecular weight is 324 g/mol. The van der Waals surface area contributed by atoms with Gasteiger partial charge in [0.1, 0.15) is 12.7 Å². The van der Waals surface area contributed by atoms with Crippen molar-refractivity contribution in [3.05, 3.63) is 29.8 Å². The molecular weight excluding hydrogens is 304 g/mol. The van der Waals surface area contributed by atoms with Gasteiger partial charge < -0.3 is 14.2 Å². The van der Waals surface area contributed by atoms with Crippen molar-refractivity contribution in [2.24, 2.45) is 0 Å². The van der Waals surface area contributed by atoms with E-state index >= 15 is 0 Å². The fraction of sp³-hybridized carbons (Fsp3) is 0.500. The number of carbonyl (C=O) groups is 2. The van der Waals surface area contributed by atoms with Gasteiger partial charge in [-0.05, 0) is 39.2 Å². The molecule has 0 saturated carbocycles. The maximum atomic E-state index is 12.5. The topological polar surface area (TPSA) is 65.1 Å². The van der Waals surface area contributed by atoms with Gasteiger partial charge in [0.15, 0.2) is 11.9 Å². The van der Waals surface area contributed by atoms with Crippen LogP contribution >= 0.6 is 11.8 Å². The number of esters is 1. The molecule has 2 atom stereocenters. The molecule has 0 aromatic heterocycles. The predicted octanol–water partition coefficient (Wildman–Crippen LogP) is 2.67. The second-order valence-corrected chi connectivity index (χ2v) is 6.44. The molecule has 2 rings (SSSR count). The summed E-state index contributed by atoms with van der Waals surface area (Å²) in [4.78, 5) is 25.3. The molecule has 1 aromatic rings. The Kier molecular flexibility index (Phi) is 5.26. The Morgan fingerprint density at radius 2 is 1.86 bits per heavy atom. The van der Waals surface area contributed by atoms with Gasteiger partial charge in [-0.1, -0.05) is 12.1 Å². The highest BCUT2D eigenvalue weighted by Gasteiger charge is 2.37. The molecule has 1 saturated heterocycles. The largest absolute Gasteiger partial charge is 0.450 e. The highest BCUT2D eigenvalue weighted by atomic mass is 32.2. The molecule has 0 spiro atoms. The SMILES string of the molecule is CSc1ccc(C(=O)C(C)(C)OC(=O)COC2OC2C)cc1. The van der Waals surface area contributed by atoms with Crippen LogP contribution in [0.1, 0.15) is 31.1 Å². The summed E-state index contributed by atoms with van der Waals surface area (Å²) in [5, 5.41) is 0. The first kappa shape index (κ1) is 17.0. The fourth-order valence-electron chi connectivity index (χ4n) is 1.94. The smallest absolute Gasteiger partial charge is 0.333 e. The van der Waals surface area contributed by atoms with Gasteiger partial charge >= 0.3 is 5.97 Å². The minimum absolute atomic E-state index is 0.0115. The summed E-state index contributed by atoms with van der Waals surface area (Å²) < 4.78 is 15.5. The van der Waals surface area contributed by atoms with Crippen LogP contribution in [0.25, 0.3) is 0 Å². The zero-order valence-corrected chi connectivity index (χ0v) is 13.9. The third-order valence-electron chi connectivity index (χ3n) is 3.29. The van der Waals surface area contributed by atoms with Crippen LogP contribution in [0.2, 0.25) is 0 Å².